The van der Waals surface area contributed by atoms with Gasteiger partial charge in [-0.1, -0.05) is 46.8 Å². The van der Waals surface area contributed by atoms with E-state index in [0.717, 1.165) is 6.42 Å². The molecular formula is C29H45N5O6. The van der Waals surface area contributed by atoms with Crippen molar-refractivity contribution in [2.75, 3.05) is 19.7 Å². The summed E-state index contributed by atoms with van der Waals surface area (Å²) in [6.45, 7) is 11.1. The molecule has 0 spiro atoms. The number of ether oxygens (including phenoxy) is 1. The van der Waals surface area contributed by atoms with Gasteiger partial charge < -0.3 is 31.3 Å². The zero-order valence-corrected chi connectivity index (χ0v) is 24.3. The van der Waals surface area contributed by atoms with Gasteiger partial charge in [0.15, 0.2) is 0 Å². The van der Waals surface area contributed by atoms with Crippen LogP contribution >= 0.6 is 0 Å². The quantitative estimate of drug-likeness (QED) is 0.317. The number of fused-ring (bicyclic) bond motifs is 1. The molecule has 0 aromatic carbocycles. The fraction of sp³-hybridized carbons (Fsp3) is 0.759. The van der Waals surface area contributed by atoms with Crippen LogP contribution in [0.3, 0.4) is 0 Å². The van der Waals surface area contributed by atoms with Crippen LogP contribution in [-0.2, 0) is 28.7 Å². The van der Waals surface area contributed by atoms with E-state index < -0.39 is 47.4 Å². The highest BCUT2D eigenvalue weighted by Crippen LogP contribution is 2.44. The predicted octanol–water partition coefficient (Wildman–Crippen LogP) is 0.478. The lowest BCUT2D eigenvalue weighted by molar-refractivity contribution is -0.146. The van der Waals surface area contributed by atoms with Crippen molar-refractivity contribution in [3.63, 3.8) is 0 Å². The molecule has 9 atom stereocenters. The average molecular weight is 560 g/mol. The lowest BCUT2D eigenvalue weighted by Gasteiger charge is -2.37. The van der Waals surface area contributed by atoms with E-state index in [9.17, 15) is 24.0 Å². The Morgan fingerprint density at radius 1 is 1.10 bits per heavy atom. The van der Waals surface area contributed by atoms with Gasteiger partial charge in [0.05, 0.1) is 0 Å². The summed E-state index contributed by atoms with van der Waals surface area (Å²) in [5, 5.41) is 8.48. The fourth-order valence-electron chi connectivity index (χ4n) is 6.76. The molecule has 3 aliphatic heterocycles. The molecule has 0 aromatic heterocycles. The first kappa shape index (κ1) is 30.0. The minimum atomic E-state index is -1.04. The maximum Gasteiger partial charge on any atom is 0.249 e. The van der Waals surface area contributed by atoms with Crippen molar-refractivity contribution < 1.29 is 28.7 Å². The van der Waals surface area contributed by atoms with Crippen LogP contribution in [0, 0.1) is 35.0 Å². The van der Waals surface area contributed by atoms with Gasteiger partial charge in [-0.15, -0.1) is 0 Å². The van der Waals surface area contributed by atoms with E-state index >= 15 is 0 Å². The predicted molar refractivity (Wildman–Crippen MR) is 147 cm³/mol. The number of amides is 5. The lowest BCUT2D eigenvalue weighted by atomic mass is 9.71. The second kappa shape index (κ2) is 11.9. The van der Waals surface area contributed by atoms with Crippen LogP contribution in [0.1, 0.15) is 60.3 Å². The Morgan fingerprint density at radius 2 is 1.80 bits per heavy atom. The van der Waals surface area contributed by atoms with Gasteiger partial charge in [0.1, 0.15) is 24.2 Å². The molecule has 11 heteroatoms. The van der Waals surface area contributed by atoms with Crippen molar-refractivity contribution in [3.8, 4) is 0 Å². The molecule has 0 saturated carbocycles. The van der Waals surface area contributed by atoms with Gasteiger partial charge >= 0.3 is 0 Å². The molecule has 0 unspecified atom stereocenters. The van der Waals surface area contributed by atoms with Gasteiger partial charge in [-0.25, -0.2) is 0 Å². The minimum Gasteiger partial charge on any atom is -0.368 e. The van der Waals surface area contributed by atoms with E-state index in [1.807, 2.05) is 27.7 Å². The molecule has 3 fully saturated rings. The van der Waals surface area contributed by atoms with E-state index in [4.69, 9.17) is 10.5 Å². The van der Waals surface area contributed by atoms with Crippen molar-refractivity contribution in [2.24, 2.45) is 40.7 Å². The molecule has 0 bridgehead atoms. The van der Waals surface area contributed by atoms with Crippen molar-refractivity contribution >= 4 is 29.5 Å². The average Bonchev–Trinajstić information content (AvgIpc) is 3.63. The summed E-state index contributed by atoms with van der Waals surface area (Å²) < 4.78 is 5.54. The van der Waals surface area contributed by atoms with Crippen molar-refractivity contribution in [3.05, 3.63) is 12.2 Å². The number of nitrogens with zero attached hydrogens (tertiary/aromatic N) is 1. The van der Waals surface area contributed by atoms with Crippen LogP contribution in [0.25, 0.3) is 0 Å². The number of carbonyl (C=O) groups excluding carboxylic acids is 5. The Bertz CT molecular complexity index is 1050. The summed E-state index contributed by atoms with van der Waals surface area (Å²) >= 11 is 0. The van der Waals surface area contributed by atoms with Crippen LogP contribution in [0.2, 0.25) is 0 Å². The first-order valence-electron chi connectivity index (χ1n) is 14.6. The van der Waals surface area contributed by atoms with Crippen LogP contribution < -0.4 is 21.7 Å². The minimum absolute atomic E-state index is 0.0111. The van der Waals surface area contributed by atoms with Crippen molar-refractivity contribution in [2.45, 2.75) is 84.5 Å². The number of carbonyl (C=O) groups is 5. The molecule has 11 nitrogen and oxygen atoms in total. The first-order chi connectivity index (χ1) is 18.8. The Labute approximate surface area is 236 Å². The second-order valence-electron chi connectivity index (χ2n) is 13.1. The molecule has 0 aromatic rings. The number of allylic oxidation sites excluding steroid dienone is 2. The number of hydrogen-bond acceptors (Lipinski definition) is 6. The normalized spacial score (nSPS) is 33.2. The summed E-state index contributed by atoms with van der Waals surface area (Å²) in [4.78, 5) is 67.4. The van der Waals surface area contributed by atoms with E-state index in [-0.39, 0.29) is 47.8 Å². The van der Waals surface area contributed by atoms with Gasteiger partial charge in [-0.3, -0.25) is 24.0 Å². The SMILES string of the molecule is C[C@@H]1C=C[C@H](C)[C@H]2CN(C(=O)[C@@H](NC(=O)[C@H]3CCCO3)C(C)(C)C)[C@H](C(=O)N[C@@H](C[C@@H]3CCNC3=O)C(N)=O)[C@H]21. The van der Waals surface area contributed by atoms with Gasteiger partial charge in [0.25, 0.3) is 0 Å². The first-order valence-corrected chi connectivity index (χ1v) is 14.6. The number of nitrogens with one attached hydrogen (secondary N) is 3. The zero-order chi connectivity index (χ0) is 29.4. The van der Waals surface area contributed by atoms with E-state index in [0.29, 0.717) is 32.5 Å². The molecule has 0 radical (unpaired) electrons. The largest absolute Gasteiger partial charge is 0.368 e. The third kappa shape index (κ3) is 6.19. The number of rotatable bonds is 8. The summed E-state index contributed by atoms with van der Waals surface area (Å²) in [7, 11) is 0. The molecule has 5 amide bonds. The molecule has 1 aliphatic carbocycles. The van der Waals surface area contributed by atoms with Gasteiger partial charge in [0, 0.05) is 25.6 Å². The number of nitrogens with two attached hydrogens (primary N) is 1. The Hall–Kier alpha value is -2.95. The molecule has 40 heavy (non-hydrogen) atoms. The van der Waals surface area contributed by atoms with Gasteiger partial charge in [0.2, 0.25) is 29.5 Å². The second-order valence-corrected chi connectivity index (χ2v) is 13.1. The Balaban J connectivity index is 1.61. The van der Waals surface area contributed by atoms with Crippen molar-refractivity contribution in [1.29, 1.82) is 0 Å². The van der Waals surface area contributed by atoms with Crippen molar-refractivity contribution in [1.82, 2.24) is 20.9 Å². The smallest absolute Gasteiger partial charge is 0.249 e. The summed E-state index contributed by atoms with van der Waals surface area (Å²) in [6.07, 6.45) is 5.67. The number of likely N-dealkylation sites (tertiary alicyclic amines) is 1. The molecule has 4 aliphatic rings. The number of hydrogen-bond donors (Lipinski definition) is 4. The van der Waals surface area contributed by atoms with E-state index in [1.54, 1.807) is 4.90 Å². The summed E-state index contributed by atoms with van der Waals surface area (Å²) in [5.74, 6) is -2.42. The monoisotopic (exact) mass is 559 g/mol. The van der Waals surface area contributed by atoms with Crippen LogP contribution in [0.4, 0.5) is 0 Å². The Kier molecular flexibility index (Phi) is 8.92. The standard InChI is InChI=1S/C29H45N5O6/c1-15-8-9-16(2)21-18(15)14-34(28(39)23(29(3,4)5)33-26(37)20-7-6-12-40-20)22(21)27(38)32-19(24(30)35)13-17-10-11-31-25(17)36/h8-9,15-23H,6-7,10-14H2,1-5H3,(H2,30,35)(H,31,36)(H,32,38)(H,33,37)/t15-,16+,17-,18+,19-,20+,21-,22-,23+/m0/s1. The maximum atomic E-state index is 14.3. The number of primary amides is 1. The molecule has 5 N–H and O–H groups in total. The lowest BCUT2D eigenvalue weighted by Crippen LogP contribution is -2.61. The highest BCUT2D eigenvalue weighted by Gasteiger charge is 2.54. The highest BCUT2D eigenvalue weighted by molar-refractivity contribution is 5.96. The molecule has 222 valence electrons. The van der Waals surface area contributed by atoms with Crippen LogP contribution in [0.5, 0.6) is 0 Å². The molecule has 3 heterocycles. The topological polar surface area (TPSA) is 160 Å². The summed E-state index contributed by atoms with van der Waals surface area (Å²) in [5.41, 5.74) is 5.03. The van der Waals surface area contributed by atoms with Gasteiger partial charge in [-0.05, 0) is 54.8 Å². The molecule has 4 rings (SSSR count). The third-order valence-corrected chi connectivity index (χ3v) is 9.12. The maximum absolute atomic E-state index is 14.3. The third-order valence-electron chi connectivity index (χ3n) is 9.12. The Morgan fingerprint density at radius 3 is 2.38 bits per heavy atom. The van der Waals surface area contributed by atoms with Gasteiger partial charge in [-0.2, -0.15) is 0 Å². The van der Waals surface area contributed by atoms with Crippen LogP contribution in [0.15, 0.2) is 12.2 Å². The molecular weight excluding hydrogens is 514 g/mol. The molecule has 3 saturated heterocycles. The summed E-state index contributed by atoms with van der Waals surface area (Å²) in [6, 6.07) is -2.78. The van der Waals surface area contributed by atoms with E-state index in [2.05, 4.69) is 35.0 Å². The fourth-order valence-corrected chi connectivity index (χ4v) is 6.76. The highest BCUT2D eigenvalue weighted by atomic mass is 16.5. The zero-order valence-electron chi connectivity index (χ0n) is 24.3. The van der Waals surface area contributed by atoms with E-state index in [1.165, 1.54) is 0 Å². The van der Waals surface area contributed by atoms with Crippen LogP contribution in [-0.4, -0.2) is 78.4 Å².